The second-order valence-corrected chi connectivity index (χ2v) is 4.11. The van der Waals surface area contributed by atoms with Crippen molar-refractivity contribution >= 4 is 11.1 Å². The number of nitrogens with zero attached hydrogens (tertiary/aromatic N) is 1. The largest absolute Gasteiger partial charge is 0.439 e. The molecule has 0 aliphatic heterocycles. The molecule has 0 unspecified atom stereocenters. The molecule has 0 saturated carbocycles. The van der Waals surface area contributed by atoms with Crippen molar-refractivity contribution in [3.05, 3.63) is 29.7 Å². The van der Waals surface area contributed by atoms with Gasteiger partial charge in [-0.2, -0.15) is 0 Å². The molecule has 2 aromatic rings. The molecule has 0 saturated heterocycles. The third-order valence-corrected chi connectivity index (χ3v) is 2.25. The summed E-state index contributed by atoms with van der Waals surface area (Å²) in [5.41, 5.74) is 3.01. The smallest absolute Gasteiger partial charge is 0.209 e. The minimum atomic E-state index is 0.446. The summed E-state index contributed by atoms with van der Waals surface area (Å²) < 4.78 is 5.60. The zero-order valence-corrected chi connectivity index (χ0v) is 9.37. The number of hydrogen-bond acceptors (Lipinski definition) is 3. The first-order valence-corrected chi connectivity index (χ1v) is 5.24. The van der Waals surface area contributed by atoms with Gasteiger partial charge in [0.1, 0.15) is 5.52 Å². The second kappa shape index (κ2) is 4.03. The van der Waals surface area contributed by atoms with Crippen molar-refractivity contribution in [2.75, 3.05) is 0 Å². The van der Waals surface area contributed by atoms with E-state index in [2.05, 4.69) is 31.1 Å². The molecule has 3 heteroatoms. The lowest BCUT2D eigenvalue weighted by molar-refractivity contribution is 0.472. The maximum absolute atomic E-state index is 5.60. The maximum atomic E-state index is 5.60. The van der Waals surface area contributed by atoms with Crippen molar-refractivity contribution in [1.82, 2.24) is 10.3 Å². The first-order chi connectivity index (χ1) is 7.15. The van der Waals surface area contributed by atoms with Crippen LogP contribution in [0.15, 0.2) is 22.6 Å². The third-order valence-electron chi connectivity index (χ3n) is 2.25. The molecule has 0 aliphatic carbocycles. The molecular formula is C12H16N2O. The molecule has 3 nitrogen and oxygen atoms in total. The summed E-state index contributed by atoms with van der Waals surface area (Å²) >= 11 is 0. The number of oxazole rings is 1. The van der Waals surface area contributed by atoms with E-state index in [9.17, 15) is 0 Å². The second-order valence-electron chi connectivity index (χ2n) is 4.11. The van der Waals surface area contributed by atoms with E-state index in [0.717, 1.165) is 17.0 Å². The van der Waals surface area contributed by atoms with Gasteiger partial charge in [0.2, 0.25) is 5.89 Å². The molecule has 1 heterocycles. The molecule has 1 aromatic carbocycles. The highest BCUT2D eigenvalue weighted by molar-refractivity contribution is 5.73. The van der Waals surface area contributed by atoms with Crippen LogP contribution in [0, 0.1) is 6.92 Å². The molecule has 1 N–H and O–H groups in total. The highest BCUT2D eigenvalue weighted by atomic mass is 16.3. The van der Waals surface area contributed by atoms with Crippen molar-refractivity contribution in [1.29, 1.82) is 0 Å². The van der Waals surface area contributed by atoms with Crippen LogP contribution >= 0.6 is 0 Å². The van der Waals surface area contributed by atoms with Gasteiger partial charge in [0.05, 0.1) is 6.54 Å². The fourth-order valence-corrected chi connectivity index (χ4v) is 1.45. The van der Waals surface area contributed by atoms with Crippen LogP contribution in [0.2, 0.25) is 0 Å². The average molecular weight is 204 g/mol. The highest BCUT2D eigenvalue weighted by Crippen LogP contribution is 2.16. The van der Waals surface area contributed by atoms with E-state index in [-0.39, 0.29) is 0 Å². The first-order valence-electron chi connectivity index (χ1n) is 5.24. The lowest BCUT2D eigenvalue weighted by atomic mass is 10.2. The van der Waals surface area contributed by atoms with E-state index in [1.165, 1.54) is 5.56 Å². The number of hydrogen-bond donors (Lipinski definition) is 1. The van der Waals surface area contributed by atoms with E-state index in [1.54, 1.807) is 0 Å². The minimum absolute atomic E-state index is 0.446. The van der Waals surface area contributed by atoms with Gasteiger partial charge in [-0.3, -0.25) is 0 Å². The summed E-state index contributed by atoms with van der Waals surface area (Å²) in [7, 11) is 0. The molecule has 0 fully saturated rings. The summed E-state index contributed by atoms with van der Waals surface area (Å²) in [4.78, 5) is 4.42. The van der Waals surface area contributed by atoms with Crippen LogP contribution in [0.5, 0.6) is 0 Å². The molecule has 0 aliphatic rings. The van der Waals surface area contributed by atoms with Crippen molar-refractivity contribution in [3.8, 4) is 0 Å². The predicted octanol–water partition coefficient (Wildman–Crippen LogP) is 2.63. The monoisotopic (exact) mass is 204 g/mol. The fraction of sp³-hybridized carbons (Fsp3) is 0.417. The van der Waals surface area contributed by atoms with Crippen LogP contribution in [0.3, 0.4) is 0 Å². The van der Waals surface area contributed by atoms with E-state index in [4.69, 9.17) is 4.42 Å². The number of nitrogens with one attached hydrogen (secondary N) is 1. The molecule has 1 aromatic heterocycles. The Morgan fingerprint density at radius 3 is 2.93 bits per heavy atom. The lowest BCUT2D eigenvalue weighted by Crippen LogP contribution is -2.21. The summed E-state index contributed by atoms with van der Waals surface area (Å²) in [6.45, 7) is 6.95. The van der Waals surface area contributed by atoms with Gasteiger partial charge in [-0.05, 0) is 24.6 Å². The summed E-state index contributed by atoms with van der Waals surface area (Å²) in [6.07, 6.45) is 0. The molecule has 0 atom stereocenters. The van der Waals surface area contributed by atoms with Crippen LogP contribution in [-0.4, -0.2) is 11.0 Å². The average Bonchev–Trinajstić information content (AvgIpc) is 2.56. The van der Waals surface area contributed by atoms with Gasteiger partial charge in [-0.15, -0.1) is 0 Å². The Kier molecular flexibility index (Phi) is 2.73. The zero-order valence-electron chi connectivity index (χ0n) is 9.37. The Balaban J connectivity index is 2.23. The fourth-order valence-electron chi connectivity index (χ4n) is 1.45. The standard InChI is InChI=1S/C12H16N2O/c1-8(2)13-7-12-14-10-6-9(3)4-5-11(10)15-12/h4-6,8,13H,7H2,1-3H3. The van der Waals surface area contributed by atoms with E-state index in [1.807, 2.05) is 18.2 Å². The number of benzene rings is 1. The van der Waals surface area contributed by atoms with Crippen molar-refractivity contribution in [3.63, 3.8) is 0 Å². The van der Waals surface area contributed by atoms with Crippen LogP contribution in [0.1, 0.15) is 25.3 Å². The Labute approximate surface area is 89.5 Å². The van der Waals surface area contributed by atoms with Gasteiger partial charge in [-0.1, -0.05) is 19.9 Å². The van der Waals surface area contributed by atoms with Crippen LogP contribution in [0.4, 0.5) is 0 Å². The van der Waals surface area contributed by atoms with Gasteiger partial charge in [0.15, 0.2) is 5.58 Å². The lowest BCUT2D eigenvalue weighted by Gasteiger charge is -2.03. The number of aromatic nitrogens is 1. The summed E-state index contributed by atoms with van der Waals surface area (Å²) in [6, 6.07) is 6.49. The third kappa shape index (κ3) is 2.36. The van der Waals surface area contributed by atoms with E-state index >= 15 is 0 Å². The Morgan fingerprint density at radius 1 is 1.40 bits per heavy atom. The quantitative estimate of drug-likeness (QED) is 0.835. The van der Waals surface area contributed by atoms with Gasteiger partial charge >= 0.3 is 0 Å². The van der Waals surface area contributed by atoms with Crippen molar-refractivity contribution in [2.24, 2.45) is 0 Å². The van der Waals surface area contributed by atoms with Crippen LogP contribution in [-0.2, 0) is 6.54 Å². The van der Waals surface area contributed by atoms with Crippen LogP contribution in [0.25, 0.3) is 11.1 Å². The van der Waals surface area contributed by atoms with Gasteiger partial charge < -0.3 is 9.73 Å². The number of fused-ring (bicyclic) bond motifs is 1. The first kappa shape index (κ1) is 10.2. The topological polar surface area (TPSA) is 38.1 Å². The maximum Gasteiger partial charge on any atom is 0.209 e. The predicted molar refractivity (Wildman–Crippen MR) is 60.7 cm³/mol. The summed E-state index contributed by atoms with van der Waals surface area (Å²) in [5, 5.41) is 3.28. The molecule has 0 spiro atoms. The Morgan fingerprint density at radius 2 is 2.20 bits per heavy atom. The molecule has 0 radical (unpaired) electrons. The normalized spacial score (nSPS) is 11.5. The van der Waals surface area contributed by atoms with E-state index < -0.39 is 0 Å². The Hall–Kier alpha value is -1.35. The SMILES string of the molecule is Cc1ccc2oc(CNC(C)C)nc2c1. The van der Waals surface area contributed by atoms with Crippen LogP contribution < -0.4 is 5.32 Å². The molecule has 0 amide bonds. The number of rotatable bonds is 3. The molecule has 15 heavy (non-hydrogen) atoms. The molecule has 80 valence electrons. The van der Waals surface area contributed by atoms with Crippen molar-refractivity contribution in [2.45, 2.75) is 33.4 Å². The van der Waals surface area contributed by atoms with E-state index in [0.29, 0.717) is 12.6 Å². The van der Waals surface area contributed by atoms with Gasteiger partial charge in [0, 0.05) is 6.04 Å². The molecular weight excluding hydrogens is 188 g/mol. The zero-order chi connectivity index (χ0) is 10.8. The van der Waals surface area contributed by atoms with Gasteiger partial charge in [-0.25, -0.2) is 4.98 Å². The minimum Gasteiger partial charge on any atom is -0.439 e. The summed E-state index contributed by atoms with van der Waals surface area (Å²) in [5.74, 6) is 0.754. The molecule has 2 rings (SSSR count). The van der Waals surface area contributed by atoms with Gasteiger partial charge in [0.25, 0.3) is 0 Å². The van der Waals surface area contributed by atoms with Crippen molar-refractivity contribution < 1.29 is 4.42 Å². The number of aryl methyl sites for hydroxylation is 1. The highest BCUT2D eigenvalue weighted by Gasteiger charge is 2.05. The molecule has 0 bridgehead atoms. The Bertz CT molecular complexity index is 460.